The van der Waals surface area contributed by atoms with Gasteiger partial charge in [-0.15, -0.1) is 0 Å². The van der Waals surface area contributed by atoms with Gasteiger partial charge in [-0.25, -0.2) is 0 Å². The summed E-state index contributed by atoms with van der Waals surface area (Å²) in [5, 5.41) is 0. The van der Waals surface area contributed by atoms with E-state index in [1.165, 1.54) is 5.56 Å². The quantitative estimate of drug-likeness (QED) is 0.778. The van der Waals surface area contributed by atoms with Crippen LogP contribution in [-0.4, -0.2) is 36.8 Å². The molecule has 0 amide bonds. The molecule has 4 heteroatoms. The second-order valence-electron chi connectivity index (χ2n) is 7.02. The summed E-state index contributed by atoms with van der Waals surface area (Å²) in [6.45, 7) is 12.6. The monoisotopic (exact) mass is 289 g/mol. The third-order valence-corrected chi connectivity index (χ3v) is 4.61. The molecule has 1 aliphatic rings. The maximum atomic E-state index is 6.19. The van der Waals surface area contributed by atoms with Gasteiger partial charge in [0, 0.05) is 6.54 Å². The van der Waals surface area contributed by atoms with Crippen LogP contribution < -0.4 is 5.46 Å². The molecular weight excluding hydrogens is 261 g/mol. The molecule has 1 aromatic carbocycles. The standard InChI is InChI=1S/C17H28BNO2/c1-7-12-19(6)13-14-10-8-9-11-15(14)18-20-16(2,3)17(4,5)21-18/h8-11H,7,12-13H2,1-6H3. The SMILES string of the molecule is CCCN(C)Cc1ccccc1B1OC(C)(C)C(C)(C)O1. The van der Waals surface area contributed by atoms with Crippen LogP contribution in [0.25, 0.3) is 0 Å². The Morgan fingerprint density at radius 3 is 2.19 bits per heavy atom. The number of nitrogens with zero attached hydrogens (tertiary/aromatic N) is 1. The van der Waals surface area contributed by atoms with Crippen molar-refractivity contribution in [1.29, 1.82) is 0 Å². The van der Waals surface area contributed by atoms with E-state index >= 15 is 0 Å². The largest absolute Gasteiger partial charge is 0.495 e. The van der Waals surface area contributed by atoms with Gasteiger partial charge in [-0.3, -0.25) is 0 Å². The first kappa shape index (κ1) is 16.5. The second-order valence-corrected chi connectivity index (χ2v) is 7.02. The maximum absolute atomic E-state index is 6.19. The van der Waals surface area contributed by atoms with Crippen molar-refractivity contribution >= 4 is 12.6 Å². The van der Waals surface area contributed by atoms with Crippen molar-refractivity contribution < 1.29 is 9.31 Å². The van der Waals surface area contributed by atoms with Crippen molar-refractivity contribution in [1.82, 2.24) is 4.90 Å². The summed E-state index contributed by atoms with van der Waals surface area (Å²) in [6.07, 6.45) is 1.16. The minimum absolute atomic E-state index is 0.277. The van der Waals surface area contributed by atoms with Crippen LogP contribution in [0.2, 0.25) is 0 Å². The molecule has 0 aromatic heterocycles. The molecule has 1 fully saturated rings. The molecule has 0 aliphatic carbocycles. The third kappa shape index (κ3) is 3.50. The highest BCUT2D eigenvalue weighted by molar-refractivity contribution is 6.62. The van der Waals surface area contributed by atoms with E-state index in [4.69, 9.17) is 9.31 Å². The maximum Gasteiger partial charge on any atom is 0.495 e. The number of benzene rings is 1. The van der Waals surface area contributed by atoms with E-state index in [1.807, 2.05) is 0 Å². The summed E-state index contributed by atoms with van der Waals surface area (Å²) in [5.41, 5.74) is 1.85. The average molecular weight is 289 g/mol. The summed E-state index contributed by atoms with van der Waals surface area (Å²) >= 11 is 0. The Bertz CT molecular complexity index is 471. The van der Waals surface area contributed by atoms with Crippen molar-refractivity contribution in [2.24, 2.45) is 0 Å². The Morgan fingerprint density at radius 2 is 1.62 bits per heavy atom. The predicted octanol–water partition coefficient (Wildman–Crippen LogP) is 2.83. The fourth-order valence-corrected chi connectivity index (χ4v) is 2.63. The van der Waals surface area contributed by atoms with E-state index in [2.05, 4.69) is 70.8 Å². The Balaban J connectivity index is 2.22. The van der Waals surface area contributed by atoms with E-state index in [0.717, 1.165) is 25.0 Å². The highest BCUT2D eigenvalue weighted by atomic mass is 16.7. The normalized spacial score (nSPS) is 20.2. The molecule has 1 saturated heterocycles. The molecule has 116 valence electrons. The molecular formula is C17H28BNO2. The van der Waals surface area contributed by atoms with Gasteiger partial charge in [0.1, 0.15) is 0 Å². The predicted molar refractivity (Wildman–Crippen MR) is 88.8 cm³/mol. The van der Waals surface area contributed by atoms with Crippen LogP contribution in [0.4, 0.5) is 0 Å². The van der Waals surface area contributed by atoms with Crippen LogP contribution in [0, 0.1) is 0 Å². The van der Waals surface area contributed by atoms with Gasteiger partial charge in [-0.2, -0.15) is 0 Å². The summed E-state index contributed by atoms with van der Waals surface area (Å²) in [6, 6.07) is 8.44. The molecule has 21 heavy (non-hydrogen) atoms. The molecule has 3 nitrogen and oxygen atoms in total. The first-order valence-electron chi connectivity index (χ1n) is 7.89. The Morgan fingerprint density at radius 1 is 1.05 bits per heavy atom. The molecule has 0 unspecified atom stereocenters. The molecule has 0 saturated carbocycles. The van der Waals surface area contributed by atoms with Crippen molar-refractivity contribution in [3.63, 3.8) is 0 Å². The Labute approximate surface area is 129 Å². The highest BCUT2D eigenvalue weighted by Gasteiger charge is 2.52. The fourth-order valence-electron chi connectivity index (χ4n) is 2.63. The van der Waals surface area contributed by atoms with Gasteiger partial charge < -0.3 is 14.2 Å². The molecule has 0 spiro atoms. The smallest absolute Gasteiger partial charge is 0.399 e. The van der Waals surface area contributed by atoms with Crippen LogP contribution >= 0.6 is 0 Å². The van der Waals surface area contributed by atoms with Gasteiger partial charge in [0.05, 0.1) is 11.2 Å². The molecule has 0 radical (unpaired) electrons. The number of hydrogen-bond acceptors (Lipinski definition) is 3. The second kappa shape index (κ2) is 6.11. The van der Waals surface area contributed by atoms with Gasteiger partial charge in [-0.1, -0.05) is 31.2 Å². The zero-order chi connectivity index (χ0) is 15.7. The van der Waals surface area contributed by atoms with E-state index in [1.54, 1.807) is 0 Å². The lowest BCUT2D eigenvalue weighted by Gasteiger charge is -2.32. The highest BCUT2D eigenvalue weighted by Crippen LogP contribution is 2.36. The van der Waals surface area contributed by atoms with Crippen LogP contribution in [0.15, 0.2) is 24.3 Å². The van der Waals surface area contributed by atoms with Crippen molar-refractivity contribution in [3.05, 3.63) is 29.8 Å². The van der Waals surface area contributed by atoms with Gasteiger partial charge in [0.2, 0.25) is 0 Å². The first-order valence-corrected chi connectivity index (χ1v) is 7.89. The van der Waals surface area contributed by atoms with E-state index in [-0.39, 0.29) is 18.3 Å². The van der Waals surface area contributed by atoms with Gasteiger partial charge in [0.25, 0.3) is 0 Å². The molecule has 0 N–H and O–H groups in total. The summed E-state index contributed by atoms with van der Waals surface area (Å²) in [4.78, 5) is 2.34. The van der Waals surface area contributed by atoms with Crippen LogP contribution in [-0.2, 0) is 15.9 Å². The zero-order valence-corrected chi connectivity index (χ0v) is 14.3. The number of hydrogen-bond donors (Lipinski definition) is 0. The summed E-state index contributed by atoms with van der Waals surface area (Å²) < 4.78 is 12.4. The third-order valence-electron chi connectivity index (χ3n) is 4.61. The molecule has 1 heterocycles. The minimum atomic E-state index is -0.292. The molecule has 0 bridgehead atoms. The lowest BCUT2D eigenvalue weighted by Crippen LogP contribution is -2.41. The molecule has 1 aromatic rings. The Kier molecular flexibility index (Phi) is 4.81. The van der Waals surface area contributed by atoms with Crippen LogP contribution in [0.3, 0.4) is 0 Å². The fraction of sp³-hybridized carbons (Fsp3) is 0.647. The molecule has 2 rings (SSSR count). The topological polar surface area (TPSA) is 21.7 Å². The van der Waals surface area contributed by atoms with Crippen molar-refractivity contribution in [2.75, 3.05) is 13.6 Å². The Hall–Kier alpha value is -0.835. The summed E-state index contributed by atoms with van der Waals surface area (Å²) in [7, 11) is 1.88. The van der Waals surface area contributed by atoms with Crippen LogP contribution in [0.5, 0.6) is 0 Å². The average Bonchev–Trinajstić information content (AvgIpc) is 2.59. The van der Waals surface area contributed by atoms with E-state index < -0.39 is 0 Å². The van der Waals surface area contributed by atoms with Gasteiger partial charge in [0.15, 0.2) is 0 Å². The van der Waals surface area contributed by atoms with E-state index in [0.29, 0.717) is 0 Å². The molecule has 0 atom stereocenters. The lowest BCUT2D eigenvalue weighted by molar-refractivity contribution is 0.00578. The summed E-state index contributed by atoms with van der Waals surface area (Å²) in [5.74, 6) is 0. The lowest BCUT2D eigenvalue weighted by atomic mass is 9.76. The van der Waals surface area contributed by atoms with Gasteiger partial charge in [-0.05, 0) is 58.7 Å². The number of rotatable bonds is 5. The van der Waals surface area contributed by atoms with Crippen LogP contribution in [0.1, 0.15) is 46.6 Å². The van der Waals surface area contributed by atoms with E-state index in [9.17, 15) is 0 Å². The minimum Gasteiger partial charge on any atom is -0.399 e. The first-order chi connectivity index (χ1) is 9.77. The van der Waals surface area contributed by atoms with Crippen molar-refractivity contribution in [2.45, 2.75) is 58.8 Å². The molecule has 1 aliphatic heterocycles. The zero-order valence-electron chi connectivity index (χ0n) is 14.3. The van der Waals surface area contributed by atoms with Crippen molar-refractivity contribution in [3.8, 4) is 0 Å². The van der Waals surface area contributed by atoms with Gasteiger partial charge >= 0.3 is 7.12 Å².